The third-order valence-electron chi connectivity index (χ3n) is 1.64. The van der Waals surface area contributed by atoms with Crippen molar-refractivity contribution in [3.05, 3.63) is 18.0 Å². The molecule has 1 unspecified atom stereocenters. The molecule has 0 fully saturated rings. The van der Waals surface area contributed by atoms with Crippen molar-refractivity contribution >= 4 is 0 Å². The monoisotopic (exact) mass is 194 g/mol. The van der Waals surface area contributed by atoms with Crippen LogP contribution in [0.2, 0.25) is 0 Å². The van der Waals surface area contributed by atoms with Crippen LogP contribution in [0, 0.1) is 0 Å². The third kappa shape index (κ3) is 2.00. The van der Waals surface area contributed by atoms with Crippen LogP contribution in [-0.4, -0.2) is 21.1 Å². The zero-order valence-electron chi connectivity index (χ0n) is 6.91. The minimum atomic E-state index is -4.63. The summed E-state index contributed by atoms with van der Waals surface area (Å²) >= 11 is 0. The van der Waals surface area contributed by atoms with Crippen LogP contribution in [0.15, 0.2) is 12.3 Å². The van der Waals surface area contributed by atoms with Gasteiger partial charge in [-0.2, -0.15) is 18.3 Å². The molecule has 13 heavy (non-hydrogen) atoms. The van der Waals surface area contributed by atoms with E-state index in [0.717, 1.165) is 10.7 Å². The smallest absolute Gasteiger partial charge is 0.378 e. The number of hydrogen-bond donors (Lipinski definition) is 1. The fraction of sp³-hybridized carbons (Fsp3) is 0.571. The molecule has 0 amide bonds. The van der Waals surface area contributed by atoms with Crippen molar-refractivity contribution in [2.75, 3.05) is 0 Å². The van der Waals surface area contributed by atoms with E-state index in [0.29, 0.717) is 6.54 Å². The Kier molecular flexibility index (Phi) is 2.60. The van der Waals surface area contributed by atoms with E-state index < -0.39 is 12.3 Å². The van der Waals surface area contributed by atoms with Crippen molar-refractivity contribution < 1.29 is 18.3 Å². The molecular weight excluding hydrogens is 185 g/mol. The summed E-state index contributed by atoms with van der Waals surface area (Å²) < 4.78 is 37.2. The summed E-state index contributed by atoms with van der Waals surface area (Å²) in [5.41, 5.74) is -0.227. The van der Waals surface area contributed by atoms with Crippen LogP contribution < -0.4 is 0 Å². The van der Waals surface area contributed by atoms with E-state index in [4.69, 9.17) is 5.11 Å². The zero-order valence-corrected chi connectivity index (χ0v) is 6.91. The molecule has 0 aliphatic heterocycles. The lowest BCUT2D eigenvalue weighted by molar-refractivity contribution is -0.208. The molecule has 0 aromatic carbocycles. The van der Waals surface area contributed by atoms with Gasteiger partial charge in [-0.05, 0) is 13.0 Å². The van der Waals surface area contributed by atoms with Gasteiger partial charge < -0.3 is 5.11 Å². The average molecular weight is 194 g/mol. The number of rotatable bonds is 2. The molecule has 1 N–H and O–H groups in total. The SMILES string of the molecule is CCn1nccc1C(O)C(F)(F)F. The Morgan fingerprint density at radius 2 is 2.23 bits per heavy atom. The molecule has 0 bridgehead atoms. The normalized spacial score (nSPS) is 14.5. The molecule has 0 saturated heterocycles. The lowest BCUT2D eigenvalue weighted by atomic mass is 10.2. The number of aliphatic hydroxyl groups is 1. The second-order valence-electron chi connectivity index (χ2n) is 2.52. The number of alkyl halides is 3. The molecule has 74 valence electrons. The highest BCUT2D eigenvalue weighted by molar-refractivity contribution is 5.06. The molecule has 1 aromatic heterocycles. The van der Waals surface area contributed by atoms with Crippen LogP contribution in [0.4, 0.5) is 13.2 Å². The molecule has 0 aliphatic carbocycles. The van der Waals surface area contributed by atoms with E-state index in [-0.39, 0.29) is 5.69 Å². The fourth-order valence-corrected chi connectivity index (χ4v) is 1.01. The Balaban J connectivity index is 2.94. The van der Waals surface area contributed by atoms with E-state index in [1.54, 1.807) is 6.92 Å². The Labute approximate surface area is 72.8 Å². The van der Waals surface area contributed by atoms with Crippen LogP contribution in [0.5, 0.6) is 0 Å². The molecular formula is C7H9F3N2O. The van der Waals surface area contributed by atoms with E-state index in [1.807, 2.05) is 0 Å². The number of aliphatic hydroxyl groups excluding tert-OH is 1. The van der Waals surface area contributed by atoms with Crippen LogP contribution in [0.1, 0.15) is 18.7 Å². The molecule has 6 heteroatoms. The number of aromatic nitrogens is 2. The zero-order chi connectivity index (χ0) is 10.1. The van der Waals surface area contributed by atoms with Crippen molar-refractivity contribution in [3.8, 4) is 0 Å². The fourth-order valence-electron chi connectivity index (χ4n) is 1.01. The van der Waals surface area contributed by atoms with Gasteiger partial charge in [0.1, 0.15) is 0 Å². The van der Waals surface area contributed by atoms with E-state index >= 15 is 0 Å². The molecule has 0 saturated carbocycles. The maximum absolute atomic E-state index is 12.0. The van der Waals surface area contributed by atoms with Crippen molar-refractivity contribution in [1.29, 1.82) is 0 Å². The molecule has 0 spiro atoms. The van der Waals surface area contributed by atoms with Gasteiger partial charge in [0.2, 0.25) is 0 Å². The molecule has 1 heterocycles. The van der Waals surface area contributed by atoms with Gasteiger partial charge >= 0.3 is 6.18 Å². The van der Waals surface area contributed by atoms with Crippen LogP contribution in [0.25, 0.3) is 0 Å². The maximum Gasteiger partial charge on any atom is 0.420 e. The molecule has 1 atom stereocenters. The lowest BCUT2D eigenvalue weighted by Crippen LogP contribution is -2.23. The molecule has 1 rings (SSSR count). The molecule has 0 radical (unpaired) electrons. The summed E-state index contributed by atoms with van der Waals surface area (Å²) in [4.78, 5) is 0. The Morgan fingerprint density at radius 3 is 2.69 bits per heavy atom. The van der Waals surface area contributed by atoms with Crippen molar-refractivity contribution in [3.63, 3.8) is 0 Å². The lowest BCUT2D eigenvalue weighted by Gasteiger charge is -2.15. The molecule has 0 aliphatic rings. The Morgan fingerprint density at radius 1 is 1.62 bits per heavy atom. The summed E-state index contributed by atoms with van der Waals surface area (Å²) in [7, 11) is 0. The summed E-state index contributed by atoms with van der Waals surface area (Å²) in [6.45, 7) is 1.95. The van der Waals surface area contributed by atoms with Crippen molar-refractivity contribution in [2.45, 2.75) is 25.7 Å². The minimum absolute atomic E-state index is 0.227. The second kappa shape index (κ2) is 3.37. The van der Waals surface area contributed by atoms with Gasteiger partial charge in [-0.1, -0.05) is 0 Å². The number of nitrogens with zero attached hydrogens (tertiary/aromatic N) is 2. The first-order chi connectivity index (χ1) is 5.96. The number of hydrogen-bond acceptors (Lipinski definition) is 2. The maximum atomic E-state index is 12.0. The second-order valence-corrected chi connectivity index (χ2v) is 2.52. The summed E-state index contributed by atoms with van der Waals surface area (Å²) in [6.07, 6.45) is -5.85. The topological polar surface area (TPSA) is 38.0 Å². The van der Waals surface area contributed by atoms with Gasteiger partial charge in [0.25, 0.3) is 0 Å². The Hall–Kier alpha value is -1.04. The van der Waals surface area contributed by atoms with Gasteiger partial charge in [0.15, 0.2) is 6.10 Å². The quantitative estimate of drug-likeness (QED) is 0.774. The van der Waals surface area contributed by atoms with Crippen LogP contribution in [0.3, 0.4) is 0 Å². The van der Waals surface area contributed by atoms with E-state index in [1.165, 1.54) is 6.20 Å². The van der Waals surface area contributed by atoms with Gasteiger partial charge in [0, 0.05) is 12.7 Å². The third-order valence-corrected chi connectivity index (χ3v) is 1.64. The molecule has 3 nitrogen and oxygen atoms in total. The number of halogens is 3. The van der Waals surface area contributed by atoms with Gasteiger partial charge in [-0.25, -0.2) is 0 Å². The highest BCUT2D eigenvalue weighted by atomic mass is 19.4. The summed E-state index contributed by atoms with van der Waals surface area (Å²) in [6, 6.07) is 1.15. The molecule has 1 aromatic rings. The first-order valence-corrected chi connectivity index (χ1v) is 3.73. The van der Waals surface area contributed by atoms with E-state index in [2.05, 4.69) is 5.10 Å². The average Bonchev–Trinajstić information content (AvgIpc) is 2.48. The minimum Gasteiger partial charge on any atom is -0.378 e. The number of aryl methyl sites for hydroxylation is 1. The van der Waals surface area contributed by atoms with E-state index in [9.17, 15) is 13.2 Å². The van der Waals surface area contributed by atoms with Gasteiger partial charge in [-0.3, -0.25) is 4.68 Å². The van der Waals surface area contributed by atoms with Gasteiger partial charge in [-0.15, -0.1) is 0 Å². The highest BCUT2D eigenvalue weighted by Gasteiger charge is 2.41. The predicted octanol–water partition coefficient (Wildman–Crippen LogP) is 1.50. The summed E-state index contributed by atoms with van der Waals surface area (Å²) in [5, 5.41) is 12.5. The van der Waals surface area contributed by atoms with Crippen molar-refractivity contribution in [1.82, 2.24) is 9.78 Å². The standard InChI is InChI=1S/C7H9F3N2O/c1-2-12-5(3-4-11-12)6(13)7(8,9)10/h3-4,6,13H,2H2,1H3. The largest absolute Gasteiger partial charge is 0.420 e. The predicted molar refractivity (Wildman–Crippen MR) is 38.9 cm³/mol. The van der Waals surface area contributed by atoms with Crippen LogP contribution >= 0.6 is 0 Å². The summed E-state index contributed by atoms with van der Waals surface area (Å²) in [5.74, 6) is 0. The first-order valence-electron chi connectivity index (χ1n) is 3.73. The highest BCUT2D eigenvalue weighted by Crippen LogP contribution is 2.31. The first kappa shape index (κ1) is 10.0. The Bertz CT molecular complexity index is 282. The van der Waals surface area contributed by atoms with Gasteiger partial charge in [0.05, 0.1) is 5.69 Å². The van der Waals surface area contributed by atoms with Crippen LogP contribution in [-0.2, 0) is 6.54 Å². The van der Waals surface area contributed by atoms with Crippen molar-refractivity contribution in [2.24, 2.45) is 0 Å².